The second kappa shape index (κ2) is 4.90. The van der Waals surface area contributed by atoms with Crippen LogP contribution in [-0.4, -0.2) is 34.1 Å². The van der Waals surface area contributed by atoms with E-state index >= 15 is 0 Å². The lowest BCUT2D eigenvalue weighted by Crippen LogP contribution is -2.15. The van der Waals surface area contributed by atoms with Crippen molar-refractivity contribution in [1.29, 1.82) is 0 Å². The number of aromatic nitrogens is 3. The second-order valence-corrected chi connectivity index (χ2v) is 5.65. The number of likely N-dealkylation sites (N-methyl/N-ethyl adjacent to an activating group) is 1. The highest BCUT2D eigenvalue weighted by molar-refractivity contribution is 6.39. The number of pyridine rings is 1. The van der Waals surface area contributed by atoms with Crippen LogP contribution in [0.5, 0.6) is 0 Å². The molecule has 0 atom stereocenters. The number of carbonyl (C=O) groups excluding carboxylic acids is 1. The number of benzene rings is 1. The third-order valence-corrected chi connectivity index (χ3v) is 4.30. The van der Waals surface area contributed by atoms with E-state index in [1.165, 1.54) is 0 Å². The minimum Gasteiger partial charge on any atom is -0.318 e. The Hall–Kier alpha value is -2.24. The van der Waals surface area contributed by atoms with E-state index in [-0.39, 0.29) is 5.78 Å². The van der Waals surface area contributed by atoms with Crippen LogP contribution in [0.2, 0.25) is 5.02 Å². The SMILES string of the molecule is CNCCn1nc2c3c(c(Cl)ccc31)C(=O)c1cnccc1-2. The summed E-state index contributed by atoms with van der Waals surface area (Å²) in [5, 5.41) is 9.13. The first-order valence-electron chi connectivity index (χ1n) is 7.05. The maximum Gasteiger partial charge on any atom is 0.197 e. The third-order valence-electron chi connectivity index (χ3n) is 3.99. The van der Waals surface area contributed by atoms with Gasteiger partial charge in [0.05, 0.1) is 28.2 Å². The molecule has 0 amide bonds. The summed E-state index contributed by atoms with van der Waals surface area (Å²) in [6, 6.07) is 5.52. The number of hydrogen-bond acceptors (Lipinski definition) is 4. The van der Waals surface area contributed by atoms with E-state index in [9.17, 15) is 4.79 Å². The summed E-state index contributed by atoms with van der Waals surface area (Å²) in [7, 11) is 1.90. The molecular formula is C16H13ClN4O. The zero-order valence-electron chi connectivity index (χ0n) is 11.9. The number of ketones is 1. The zero-order valence-corrected chi connectivity index (χ0v) is 12.7. The molecule has 2 aromatic heterocycles. The fourth-order valence-corrected chi connectivity index (χ4v) is 3.20. The first-order chi connectivity index (χ1) is 10.7. The minimum atomic E-state index is -0.0839. The Morgan fingerprint density at radius 1 is 1.27 bits per heavy atom. The molecule has 0 spiro atoms. The number of halogens is 1. The average molecular weight is 313 g/mol. The van der Waals surface area contributed by atoms with Gasteiger partial charge >= 0.3 is 0 Å². The molecule has 0 unspecified atom stereocenters. The molecule has 6 heteroatoms. The van der Waals surface area contributed by atoms with Crippen LogP contribution in [0.1, 0.15) is 15.9 Å². The standard InChI is InChI=1S/C16H13ClN4O/c1-18-6-7-21-12-3-2-11(17)13-14(12)15(20-21)9-4-5-19-8-10(9)16(13)22/h2-5,8,18H,6-7H2,1H3. The highest BCUT2D eigenvalue weighted by Gasteiger charge is 2.30. The molecule has 1 aromatic carbocycles. The second-order valence-electron chi connectivity index (χ2n) is 5.24. The molecule has 0 saturated heterocycles. The summed E-state index contributed by atoms with van der Waals surface area (Å²) < 4.78 is 1.92. The molecule has 2 heterocycles. The van der Waals surface area contributed by atoms with E-state index in [4.69, 9.17) is 16.7 Å². The van der Waals surface area contributed by atoms with Crippen molar-refractivity contribution in [3.05, 3.63) is 46.7 Å². The fourth-order valence-electron chi connectivity index (χ4n) is 2.96. The van der Waals surface area contributed by atoms with Gasteiger partial charge in [0.1, 0.15) is 5.69 Å². The highest BCUT2D eigenvalue weighted by Crippen LogP contribution is 2.41. The van der Waals surface area contributed by atoms with Gasteiger partial charge in [0, 0.05) is 29.9 Å². The lowest BCUT2D eigenvalue weighted by Gasteiger charge is -2.14. The van der Waals surface area contributed by atoms with Crippen molar-refractivity contribution in [2.45, 2.75) is 6.54 Å². The number of hydrogen-bond donors (Lipinski definition) is 1. The largest absolute Gasteiger partial charge is 0.318 e. The molecule has 1 N–H and O–H groups in total. The predicted octanol–water partition coefficient (Wildman–Crippen LogP) is 2.52. The van der Waals surface area contributed by atoms with Crippen molar-refractivity contribution in [2.24, 2.45) is 0 Å². The smallest absolute Gasteiger partial charge is 0.197 e. The molecule has 0 fully saturated rings. The summed E-state index contributed by atoms with van der Waals surface area (Å²) in [5.41, 5.74) is 3.65. The normalized spacial score (nSPS) is 12.7. The van der Waals surface area contributed by atoms with Crippen LogP contribution < -0.4 is 5.32 Å². The van der Waals surface area contributed by atoms with Crippen LogP contribution in [0, 0.1) is 0 Å². The average Bonchev–Trinajstić information content (AvgIpc) is 2.91. The van der Waals surface area contributed by atoms with Crippen LogP contribution >= 0.6 is 11.6 Å². The Bertz CT molecular complexity index is 916. The monoisotopic (exact) mass is 312 g/mol. The Balaban J connectivity index is 2.09. The quantitative estimate of drug-likeness (QED) is 0.631. The van der Waals surface area contributed by atoms with Gasteiger partial charge in [-0.1, -0.05) is 11.6 Å². The summed E-state index contributed by atoms with van der Waals surface area (Å²) in [6.45, 7) is 1.52. The molecule has 22 heavy (non-hydrogen) atoms. The molecule has 0 saturated carbocycles. The van der Waals surface area contributed by atoms with Crippen LogP contribution in [0.25, 0.3) is 22.2 Å². The summed E-state index contributed by atoms with van der Waals surface area (Å²) >= 11 is 6.29. The van der Waals surface area contributed by atoms with Gasteiger partial charge in [0.2, 0.25) is 0 Å². The molecule has 0 aliphatic heterocycles. The maximum atomic E-state index is 12.8. The highest BCUT2D eigenvalue weighted by atomic mass is 35.5. The molecule has 4 rings (SSSR count). The Labute approximate surface area is 131 Å². The van der Waals surface area contributed by atoms with Crippen LogP contribution in [-0.2, 0) is 6.54 Å². The zero-order chi connectivity index (χ0) is 15.3. The van der Waals surface area contributed by atoms with E-state index < -0.39 is 0 Å². The van der Waals surface area contributed by atoms with Crippen molar-refractivity contribution in [1.82, 2.24) is 20.1 Å². The van der Waals surface area contributed by atoms with Gasteiger partial charge in [0.15, 0.2) is 5.78 Å². The summed E-state index contributed by atoms with van der Waals surface area (Å²) in [4.78, 5) is 16.8. The lowest BCUT2D eigenvalue weighted by atomic mass is 9.89. The molecule has 1 aliphatic rings. The van der Waals surface area contributed by atoms with Gasteiger partial charge in [-0.15, -0.1) is 0 Å². The van der Waals surface area contributed by atoms with Gasteiger partial charge in [-0.05, 0) is 25.2 Å². The van der Waals surface area contributed by atoms with Gasteiger partial charge in [-0.3, -0.25) is 14.5 Å². The molecule has 1 aliphatic carbocycles. The molecule has 0 radical (unpaired) electrons. The first kappa shape index (κ1) is 13.4. The molecule has 5 nitrogen and oxygen atoms in total. The van der Waals surface area contributed by atoms with Crippen LogP contribution in [0.3, 0.4) is 0 Å². The Morgan fingerprint density at radius 3 is 2.95 bits per heavy atom. The van der Waals surface area contributed by atoms with E-state index in [0.29, 0.717) is 16.1 Å². The van der Waals surface area contributed by atoms with Gasteiger partial charge in [-0.25, -0.2) is 0 Å². The van der Waals surface area contributed by atoms with Gasteiger partial charge in [0.25, 0.3) is 0 Å². The van der Waals surface area contributed by atoms with E-state index in [1.807, 2.05) is 23.9 Å². The molecule has 3 aromatic rings. The molecule has 0 bridgehead atoms. The van der Waals surface area contributed by atoms with Crippen molar-refractivity contribution >= 4 is 28.3 Å². The Morgan fingerprint density at radius 2 is 2.14 bits per heavy atom. The number of nitrogens with zero attached hydrogens (tertiary/aromatic N) is 3. The van der Waals surface area contributed by atoms with Gasteiger partial charge in [-0.2, -0.15) is 5.10 Å². The van der Waals surface area contributed by atoms with Crippen molar-refractivity contribution in [2.75, 3.05) is 13.6 Å². The van der Waals surface area contributed by atoms with E-state index in [0.717, 1.165) is 35.2 Å². The lowest BCUT2D eigenvalue weighted by molar-refractivity contribution is 0.104. The predicted molar refractivity (Wildman–Crippen MR) is 85.3 cm³/mol. The summed E-state index contributed by atoms with van der Waals surface area (Å²) in [6.07, 6.45) is 3.27. The molecular weight excluding hydrogens is 300 g/mol. The van der Waals surface area contributed by atoms with Crippen molar-refractivity contribution < 1.29 is 4.79 Å². The third kappa shape index (κ3) is 1.73. The minimum absolute atomic E-state index is 0.0839. The van der Waals surface area contributed by atoms with E-state index in [1.54, 1.807) is 18.5 Å². The van der Waals surface area contributed by atoms with E-state index in [2.05, 4.69) is 10.3 Å². The first-order valence-corrected chi connectivity index (χ1v) is 7.43. The fraction of sp³-hybridized carbons (Fsp3) is 0.188. The van der Waals surface area contributed by atoms with Crippen LogP contribution in [0.4, 0.5) is 0 Å². The van der Waals surface area contributed by atoms with Crippen molar-refractivity contribution in [3.63, 3.8) is 0 Å². The number of carbonyl (C=O) groups is 1. The van der Waals surface area contributed by atoms with Crippen molar-refractivity contribution in [3.8, 4) is 11.3 Å². The summed E-state index contributed by atoms with van der Waals surface area (Å²) in [5.74, 6) is -0.0839. The number of rotatable bonds is 3. The van der Waals surface area contributed by atoms with Gasteiger partial charge < -0.3 is 5.32 Å². The Kier molecular flexibility index (Phi) is 2.99. The molecule has 110 valence electrons. The number of fused-ring (bicyclic) bond motifs is 2. The van der Waals surface area contributed by atoms with Crippen LogP contribution in [0.15, 0.2) is 30.6 Å². The maximum absolute atomic E-state index is 12.8. The number of nitrogens with one attached hydrogen (secondary N) is 1. The topological polar surface area (TPSA) is 59.8 Å².